The van der Waals surface area contributed by atoms with Gasteiger partial charge in [-0.2, -0.15) is 5.10 Å². The van der Waals surface area contributed by atoms with Crippen LogP contribution in [0.2, 0.25) is 0 Å². The number of aryl methyl sites for hydroxylation is 3. The molecular formula is C25H29FN6O. The van der Waals surface area contributed by atoms with Gasteiger partial charge in [0.05, 0.1) is 18.3 Å². The molecule has 0 bridgehead atoms. The van der Waals surface area contributed by atoms with E-state index in [0.29, 0.717) is 25.2 Å². The summed E-state index contributed by atoms with van der Waals surface area (Å²) in [6.07, 6.45) is 5.19. The Balaban J connectivity index is 1.47. The summed E-state index contributed by atoms with van der Waals surface area (Å²) in [5.74, 6) is 1.17. The minimum atomic E-state index is -0.302. The van der Waals surface area contributed by atoms with E-state index in [9.17, 15) is 9.18 Å². The third-order valence-electron chi connectivity index (χ3n) is 6.73. The van der Waals surface area contributed by atoms with E-state index in [1.807, 2.05) is 31.6 Å². The van der Waals surface area contributed by atoms with Crippen molar-refractivity contribution in [3.8, 4) is 0 Å². The Kier molecular flexibility index (Phi) is 5.70. The summed E-state index contributed by atoms with van der Waals surface area (Å²) in [6, 6.07) is 6.51. The minimum absolute atomic E-state index is 0.0186. The third kappa shape index (κ3) is 4.27. The Hall–Kier alpha value is -3.13. The summed E-state index contributed by atoms with van der Waals surface area (Å²) in [5.41, 5.74) is 4.95. The molecule has 5 rings (SSSR count). The molecule has 0 saturated carbocycles. The molecule has 33 heavy (non-hydrogen) atoms. The van der Waals surface area contributed by atoms with Crippen LogP contribution in [0.15, 0.2) is 30.5 Å². The fourth-order valence-corrected chi connectivity index (χ4v) is 5.06. The number of anilines is 1. The first-order chi connectivity index (χ1) is 15.9. The highest BCUT2D eigenvalue weighted by atomic mass is 19.1. The highest BCUT2D eigenvalue weighted by molar-refractivity contribution is 5.95. The summed E-state index contributed by atoms with van der Waals surface area (Å²) < 4.78 is 15.6. The molecule has 172 valence electrons. The van der Waals surface area contributed by atoms with E-state index < -0.39 is 0 Å². The summed E-state index contributed by atoms with van der Waals surface area (Å²) in [6.45, 7) is 6.13. The lowest BCUT2D eigenvalue weighted by Gasteiger charge is -2.31. The number of carbonyl (C=O) groups excluding carboxylic acids is 1. The number of fused-ring (bicyclic) bond motifs is 1. The summed E-state index contributed by atoms with van der Waals surface area (Å²) in [4.78, 5) is 26.9. The quantitative estimate of drug-likeness (QED) is 0.594. The van der Waals surface area contributed by atoms with Gasteiger partial charge in [0, 0.05) is 43.0 Å². The fraction of sp³-hybridized carbons (Fsp3) is 0.440. The molecule has 2 aromatic heterocycles. The first-order valence-electron chi connectivity index (χ1n) is 11.5. The van der Waals surface area contributed by atoms with Crippen LogP contribution in [0.25, 0.3) is 0 Å². The second kappa shape index (κ2) is 8.67. The number of benzene rings is 1. The topological polar surface area (TPSA) is 67.2 Å². The van der Waals surface area contributed by atoms with Crippen LogP contribution in [0.5, 0.6) is 0 Å². The number of halogens is 1. The van der Waals surface area contributed by atoms with Gasteiger partial charge in [-0.3, -0.25) is 19.3 Å². The van der Waals surface area contributed by atoms with Crippen molar-refractivity contribution in [3.05, 3.63) is 70.2 Å². The van der Waals surface area contributed by atoms with Crippen LogP contribution in [-0.2, 0) is 31.4 Å². The summed E-state index contributed by atoms with van der Waals surface area (Å²) in [5, 5.41) is 4.47. The van der Waals surface area contributed by atoms with Gasteiger partial charge in [0.2, 0.25) is 5.91 Å². The molecule has 1 atom stereocenters. The van der Waals surface area contributed by atoms with Gasteiger partial charge in [-0.25, -0.2) is 14.4 Å². The lowest BCUT2D eigenvalue weighted by molar-refractivity contribution is -0.119. The highest BCUT2D eigenvalue weighted by Crippen LogP contribution is 2.36. The van der Waals surface area contributed by atoms with Gasteiger partial charge >= 0.3 is 0 Å². The van der Waals surface area contributed by atoms with Crippen LogP contribution < -0.4 is 4.90 Å². The molecule has 4 heterocycles. The van der Waals surface area contributed by atoms with Crippen molar-refractivity contribution in [3.63, 3.8) is 0 Å². The SMILES string of the molecule is Cc1nn(C)cc1CN1CCC[C@H]1c1nc(C)c2c(n1)N(Cc1cccc(F)c1)C(=O)CC2. The molecule has 1 fully saturated rings. The number of aromatic nitrogens is 4. The van der Waals surface area contributed by atoms with E-state index >= 15 is 0 Å². The van der Waals surface area contributed by atoms with E-state index in [1.54, 1.807) is 11.0 Å². The van der Waals surface area contributed by atoms with Gasteiger partial charge in [-0.15, -0.1) is 0 Å². The molecule has 2 aliphatic rings. The molecule has 0 aliphatic carbocycles. The van der Waals surface area contributed by atoms with E-state index in [-0.39, 0.29) is 17.8 Å². The fourth-order valence-electron chi connectivity index (χ4n) is 5.06. The predicted octanol–water partition coefficient (Wildman–Crippen LogP) is 3.78. The Morgan fingerprint density at radius 2 is 1.97 bits per heavy atom. The maximum atomic E-state index is 13.8. The molecule has 7 nitrogen and oxygen atoms in total. The van der Waals surface area contributed by atoms with E-state index in [2.05, 4.69) is 16.2 Å². The summed E-state index contributed by atoms with van der Waals surface area (Å²) >= 11 is 0. The molecule has 3 aromatic rings. The van der Waals surface area contributed by atoms with Crippen molar-refractivity contribution in [1.82, 2.24) is 24.6 Å². The van der Waals surface area contributed by atoms with Crippen LogP contribution in [0, 0.1) is 19.7 Å². The van der Waals surface area contributed by atoms with Crippen LogP contribution in [0.1, 0.15) is 59.2 Å². The van der Waals surface area contributed by atoms with Crippen molar-refractivity contribution in [2.24, 2.45) is 7.05 Å². The molecule has 0 N–H and O–H groups in total. The predicted molar refractivity (Wildman–Crippen MR) is 123 cm³/mol. The maximum Gasteiger partial charge on any atom is 0.228 e. The van der Waals surface area contributed by atoms with Crippen LogP contribution in [0.4, 0.5) is 10.2 Å². The number of likely N-dealkylation sites (tertiary alicyclic amines) is 1. The molecular weight excluding hydrogens is 419 g/mol. The highest BCUT2D eigenvalue weighted by Gasteiger charge is 2.33. The van der Waals surface area contributed by atoms with E-state index in [0.717, 1.165) is 54.3 Å². The van der Waals surface area contributed by atoms with Gasteiger partial charge in [0.1, 0.15) is 17.5 Å². The lowest BCUT2D eigenvalue weighted by atomic mass is 10.0. The van der Waals surface area contributed by atoms with Crippen molar-refractivity contribution < 1.29 is 9.18 Å². The van der Waals surface area contributed by atoms with Crippen LogP contribution >= 0.6 is 0 Å². The lowest BCUT2D eigenvalue weighted by Crippen LogP contribution is -2.37. The molecule has 8 heteroatoms. The number of hydrogen-bond donors (Lipinski definition) is 0. The smallest absolute Gasteiger partial charge is 0.228 e. The van der Waals surface area contributed by atoms with Crippen molar-refractivity contribution >= 4 is 11.7 Å². The van der Waals surface area contributed by atoms with Crippen molar-refractivity contribution in [2.75, 3.05) is 11.4 Å². The van der Waals surface area contributed by atoms with E-state index in [1.165, 1.54) is 17.7 Å². The Morgan fingerprint density at radius 1 is 1.12 bits per heavy atom. The average Bonchev–Trinajstić information content (AvgIpc) is 3.36. The number of hydrogen-bond acceptors (Lipinski definition) is 5. The molecule has 1 amide bonds. The number of carbonyl (C=O) groups is 1. The normalized spacial score (nSPS) is 18.7. The Morgan fingerprint density at radius 3 is 2.73 bits per heavy atom. The minimum Gasteiger partial charge on any atom is -0.292 e. The number of nitrogens with zero attached hydrogens (tertiary/aromatic N) is 6. The van der Waals surface area contributed by atoms with Gasteiger partial charge in [-0.1, -0.05) is 12.1 Å². The van der Waals surface area contributed by atoms with Crippen molar-refractivity contribution in [2.45, 2.75) is 58.7 Å². The molecule has 1 aromatic carbocycles. The van der Waals surface area contributed by atoms with Gasteiger partial charge in [0.25, 0.3) is 0 Å². The largest absolute Gasteiger partial charge is 0.292 e. The first-order valence-corrected chi connectivity index (χ1v) is 11.5. The molecule has 1 saturated heterocycles. The van der Waals surface area contributed by atoms with Crippen molar-refractivity contribution in [1.29, 1.82) is 0 Å². The van der Waals surface area contributed by atoms with Gasteiger partial charge < -0.3 is 0 Å². The van der Waals surface area contributed by atoms with Gasteiger partial charge in [-0.05, 0) is 57.4 Å². The summed E-state index contributed by atoms with van der Waals surface area (Å²) in [7, 11) is 1.94. The van der Waals surface area contributed by atoms with Crippen LogP contribution in [-0.4, -0.2) is 37.1 Å². The van der Waals surface area contributed by atoms with E-state index in [4.69, 9.17) is 9.97 Å². The standard InChI is InChI=1S/C25H29FN6O/c1-16-19(14-30(3)29-16)15-31-11-5-8-22(31)24-27-17(2)21-9-10-23(33)32(25(21)28-24)13-18-6-4-7-20(26)12-18/h4,6-7,12,14,22H,5,8-11,13,15H2,1-3H3/t22-/m0/s1. The monoisotopic (exact) mass is 448 g/mol. The second-order valence-electron chi connectivity index (χ2n) is 9.12. The molecule has 2 aliphatic heterocycles. The number of amides is 1. The molecule has 0 spiro atoms. The maximum absolute atomic E-state index is 13.8. The Bertz CT molecular complexity index is 1210. The zero-order chi connectivity index (χ0) is 23.1. The second-order valence-corrected chi connectivity index (χ2v) is 9.12. The molecule has 0 radical (unpaired) electrons. The van der Waals surface area contributed by atoms with Gasteiger partial charge in [0.15, 0.2) is 0 Å². The zero-order valence-corrected chi connectivity index (χ0v) is 19.4. The first kappa shape index (κ1) is 21.7. The molecule has 0 unspecified atom stereocenters. The van der Waals surface area contributed by atoms with Crippen LogP contribution in [0.3, 0.4) is 0 Å². The Labute approximate surface area is 193 Å². The zero-order valence-electron chi connectivity index (χ0n) is 19.4. The number of rotatable bonds is 5. The third-order valence-corrected chi connectivity index (χ3v) is 6.73. The average molecular weight is 449 g/mol.